The summed E-state index contributed by atoms with van der Waals surface area (Å²) in [6.07, 6.45) is 1.07. The molecule has 1 N–H and O–H groups in total. The molecular weight excluding hydrogens is 164 g/mol. The van der Waals surface area contributed by atoms with E-state index in [2.05, 4.69) is 0 Å². The first-order valence-corrected chi connectivity index (χ1v) is 4.75. The fraction of sp³-hybridized carbons (Fsp3) is 0.857. The predicted octanol–water partition coefficient (Wildman–Crippen LogP) is 0.983. The van der Waals surface area contributed by atoms with Crippen molar-refractivity contribution in [1.29, 1.82) is 0 Å². The van der Waals surface area contributed by atoms with E-state index in [1.807, 2.05) is 11.8 Å². The molecule has 64 valence electrons. The molecule has 0 aromatic heterocycles. The van der Waals surface area contributed by atoms with Gasteiger partial charge in [-0.2, -0.15) is 11.8 Å². The number of carboxylic acids is 1. The van der Waals surface area contributed by atoms with E-state index >= 15 is 0 Å². The molecule has 1 heterocycles. The van der Waals surface area contributed by atoms with Crippen LogP contribution < -0.4 is 0 Å². The van der Waals surface area contributed by atoms with Crippen LogP contribution in [0.4, 0.5) is 0 Å². The first-order valence-electron chi connectivity index (χ1n) is 3.70. The Morgan fingerprint density at radius 2 is 2.36 bits per heavy atom. The highest BCUT2D eigenvalue weighted by Gasteiger charge is 2.17. The number of hydrogen-bond donors (Lipinski definition) is 1. The summed E-state index contributed by atoms with van der Waals surface area (Å²) >= 11 is 1.82. The lowest BCUT2D eigenvalue weighted by Gasteiger charge is -2.24. The SMILES string of the molecule is O=C(O)CCCSC1COC1. The molecule has 1 aliphatic rings. The van der Waals surface area contributed by atoms with Crippen LogP contribution in [-0.4, -0.2) is 35.3 Å². The molecule has 0 saturated carbocycles. The zero-order valence-electron chi connectivity index (χ0n) is 6.28. The third-order valence-electron chi connectivity index (χ3n) is 1.50. The number of ether oxygens (including phenoxy) is 1. The zero-order chi connectivity index (χ0) is 8.10. The summed E-state index contributed by atoms with van der Waals surface area (Å²) in [5.41, 5.74) is 0. The van der Waals surface area contributed by atoms with Gasteiger partial charge in [0, 0.05) is 6.42 Å². The van der Waals surface area contributed by atoms with E-state index in [0.29, 0.717) is 11.7 Å². The van der Waals surface area contributed by atoms with Crippen LogP contribution >= 0.6 is 11.8 Å². The molecule has 1 aliphatic heterocycles. The number of aliphatic carboxylic acids is 1. The highest BCUT2D eigenvalue weighted by Crippen LogP contribution is 2.19. The van der Waals surface area contributed by atoms with Gasteiger partial charge in [-0.25, -0.2) is 0 Å². The van der Waals surface area contributed by atoms with E-state index in [0.717, 1.165) is 25.4 Å². The Hall–Kier alpha value is -0.220. The van der Waals surface area contributed by atoms with Crippen molar-refractivity contribution in [3.05, 3.63) is 0 Å². The molecule has 0 aliphatic carbocycles. The predicted molar refractivity (Wildman–Crippen MR) is 43.9 cm³/mol. The topological polar surface area (TPSA) is 46.5 Å². The highest BCUT2D eigenvalue weighted by atomic mass is 32.2. The molecule has 0 aromatic carbocycles. The number of carbonyl (C=O) groups is 1. The van der Waals surface area contributed by atoms with Crippen molar-refractivity contribution in [3.8, 4) is 0 Å². The molecule has 4 heteroatoms. The van der Waals surface area contributed by atoms with Crippen LogP contribution in [0.1, 0.15) is 12.8 Å². The summed E-state index contributed by atoms with van der Waals surface area (Å²) in [7, 11) is 0. The van der Waals surface area contributed by atoms with Gasteiger partial charge in [-0.05, 0) is 12.2 Å². The van der Waals surface area contributed by atoms with E-state index in [1.54, 1.807) is 0 Å². The molecule has 1 saturated heterocycles. The van der Waals surface area contributed by atoms with Crippen molar-refractivity contribution >= 4 is 17.7 Å². The summed E-state index contributed by atoms with van der Waals surface area (Å²) in [5.74, 6) is 0.246. The lowest BCUT2D eigenvalue weighted by molar-refractivity contribution is -0.137. The van der Waals surface area contributed by atoms with Crippen LogP contribution in [0.15, 0.2) is 0 Å². The van der Waals surface area contributed by atoms with Crippen LogP contribution in [0.2, 0.25) is 0 Å². The van der Waals surface area contributed by atoms with E-state index in [4.69, 9.17) is 9.84 Å². The molecule has 1 rings (SSSR count). The van der Waals surface area contributed by atoms with E-state index < -0.39 is 5.97 Å². The van der Waals surface area contributed by atoms with Crippen molar-refractivity contribution in [2.45, 2.75) is 18.1 Å². The van der Waals surface area contributed by atoms with Gasteiger partial charge in [-0.1, -0.05) is 0 Å². The molecular formula is C7H12O3S. The van der Waals surface area contributed by atoms with E-state index in [-0.39, 0.29) is 0 Å². The van der Waals surface area contributed by atoms with Gasteiger partial charge in [0.05, 0.1) is 18.5 Å². The van der Waals surface area contributed by atoms with Crippen molar-refractivity contribution in [2.75, 3.05) is 19.0 Å². The average Bonchev–Trinajstić information content (AvgIpc) is 1.82. The Morgan fingerprint density at radius 3 is 2.82 bits per heavy atom. The summed E-state index contributed by atoms with van der Waals surface area (Å²) in [4.78, 5) is 10.1. The molecule has 0 aromatic rings. The summed E-state index contributed by atoms with van der Waals surface area (Å²) in [6.45, 7) is 1.69. The monoisotopic (exact) mass is 176 g/mol. The fourth-order valence-corrected chi connectivity index (χ4v) is 1.81. The maximum atomic E-state index is 10.1. The molecule has 0 atom stereocenters. The quantitative estimate of drug-likeness (QED) is 0.634. The largest absolute Gasteiger partial charge is 0.481 e. The molecule has 0 bridgehead atoms. The van der Waals surface area contributed by atoms with Crippen LogP contribution in [0, 0.1) is 0 Å². The third kappa shape index (κ3) is 3.62. The summed E-state index contributed by atoms with van der Waals surface area (Å²) in [5, 5.41) is 8.94. The average molecular weight is 176 g/mol. The number of hydrogen-bond acceptors (Lipinski definition) is 3. The maximum absolute atomic E-state index is 10.1. The Labute approximate surface area is 70.1 Å². The minimum atomic E-state index is -0.699. The second-order valence-electron chi connectivity index (χ2n) is 2.53. The summed E-state index contributed by atoms with van der Waals surface area (Å²) in [6, 6.07) is 0. The van der Waals surface area contributed by atoms with Gasteiger partial charge >= 0.3 is 5.97 Å². The van der Waals surface area contributed by atoms with Gasteiger partial charge < -0.3 is 9.84 Å². The second-order valence-corrected chi connectivity index (χ2v) is 3.94. The molecule has 0 unspecified atom stereocenters. The van der Waals surface area contributed by atoms with Crippen LogP contribution in [0.5, 0.6) is 0 Å². The van der Waals surface area contributed by atoms with Gasteiger partial charge in [0.25, 0.3) is 0 Å². The van der Waals surface area contributed by atoms with Gasteiger partial charge in [-0.15, -0.1) is 0 Å². The molecule has 0 radical (unpaired) electrons. The third-order valence-corrected chi connectivity index (χ3v) is 2.76. The molecule has 0 spiro atoms. The molecule has 1 fully saturated rings. The fourth-order valence-electron chi connectivity index (χ4n) is 0.784. The Bertz CT molecular complexity index is 134. The minimum Gasteiger partial charge on any atom is -0.481 e. The number of rotatable bonds is 5. The van der Waals surface area contributed by atoms with Crippen LogP contribution in [0.25, 0.3) is 0 Å². The molecule has 11 heavy (non-hydrogen) atoms. The zero-order valence-corrected chi connectivity index (χ0v) is 7.10. The molecule has 3 nitrogen and oxygen atoms in total. The van der Waals surface area contributed by atoms with Crippen molar-refractivity contribution in [3.63, 3.8) is 0 Å². The van der Waals surface area contributed by atoms with E-state index in [1.165, 1.54) is 0 Å². The number of thioether (sulfide) groups is 1. The van der Waals surface area contributed by atoms with Crippen molar-refractivity contribution in [2.24, 2.45) is 0 Å². The van der Waals surface area contributed by atoms with Gasteiger partial charge in [0.2, 0.25) is 0 Å². The Morgan fingerprint density at radius 1 is 1.64 bits per heavy atom. The second kappa shape index (κ2) is 4.62. The molecule has 0 amide bonds. The van der Waals surface area contributed by atoms with Gasteiger partial charge in [0.15, 0.2) is 0 Å². The van der Waals surface area contributed by atoms with Crippen molar-refractivity contribution < 1.29 is 14.6 Å². The number of carboxylic acid groups (broad SMARTS) is 1. The summed E-state index contributed by atoms with van der Waals surface area (Å²) < 4.78 is 4.98. The normalized spacial score (nSPS) is 17.8. The lowest BCUT2D eigenvalue weighted by Crippen LogP contribution is -2.30. The standard InChI is InChI=1S/C7H12O3S/c8-7(9)2-1-3-11-6-4-10-5-6/h6H,1-5H2,(H,8,9). The first-order chi connectivity index (χ1) is 5.29. The lowest BCUT2D eigenvalue weighted by atomic mass is 10.3. The maximum Gasteiger partial charge on any atom is 0.303 e. The first kappa shape index (κ1) is 8.87. The minimum absolute atomic E-state index is 0.292. The van der Waals surface area contributed by atoms with Gasteiger partial charge in [-0.3, -0.25) is 4.79 Å². The van der Waals surface area contributed by atoms with E-state index in [9.17, 15) is 4.79 Å². The van der Waals surface area contributed by atoms with Crippen LogP contribution in [-0.2, 0) is 9.53 Å². The van der Waals surface area contributed by atoms with Gasteiger partial charge in [0.1, 0.15) is 0 Å². The smallest absolute Gasteiger partial charge is 0.303 e. The Balaban J connectivity index is 1.83. The highest BCUT2D eigenvalue weighted by molar-refractivity contribution is 8.00. The van der Waals surface area contributed by atoms with Crippen LogP contribution in [0.3, 0.4) is 0 Å². The van der Waals surface area contributed by atoms with Crippen molar-refractivity contribution in [1.82, 2.24) is 0 Å². The Kier molecular flexibility index (Phi) is 3.72.